The Balaban J connectivity index is 1.76. The van der Waals surface area contributed by atoms with Gasteiger partial charge in [0.1, 0.15) is 17.4 Å². The highest BCUT2D eigenvalue weighted by Crippen LogP contribution is 2.42. The lowest BCUT2D eigenvalue weighted by Gasteiger charge is -2.38. The Morgan fingerprint density at radius 2 is 2.10 bits per heavy atom. The molecule has 0 aromatic heterocycles. The van der Waals surface area contributed by atoms with E-state index >= 15 is 0 Å². The number of anilines is 1. The number of hydrogen-bond donors (Lipinski definition) is 1. The number of hydrogen-bond acceptors (Lipinski definition) is 3. The van der Waals surface area contributed by atoms with Crippen LogP contribution in [0.5, 0.6) is 0 Å². The van der Waals surface area contributed by atoms with E-state index in [0.29, 0.717) is 0 Å². The molecule has 0 aliphatic carbocycles. The molecule has 2 atom stereocenters. The van der Waals surface area contributed by atoms with E-state index in [4.69, 9.17) is 9.47 Å². The molecule has 0 amide bonds. The first-order valence-electron chi connectivity index (χ1n) is 7.26. The molecule has 3 nitrogen and oxygen atoms in total. The summed E-state index contributed by atoms with van der Waals surface area (Å²) in [6, 6.07) is 8.39. The summed E-state index contributed by atoms with van der Waals surface area (Å²) < 4.78 is 11.7. The molecule has 1 aromatic rings. The maximum atomic E-state index is 5.87. The van der Waals surface area contributed by atoms with Crippen molar-refractivity contribution in [2.75, 3.05) is 5.32 Å². The van der Waals surface area contributed by atoms with Gasteiger partial charge in [0.15, 0.2) is 0 Å². The quantitative estimate of drug-likeness (QED) is 0.895. The minimum atomic E-state index is -0.379. The van der Waals surface area contributed by atoms with Gasteiger partial charge in [-0.1, -0.05) is 24.3 Å². The lowest BCUT2D eigenvalue weighted by atomic mass is 9.85. The summed E-state index contributed by atoms with van der Waals surface area (Å²) in [7, 11) is 0. The van der Waals surface area contributed by atoms with Crippen molar-refractivity contribution in [1.29, 1.82) is 0 Å². The zero-order chi connectivity index (χ0) is 14.1. The fourth-order valence-corrected chi connectivity index (χ4v) is 3.20. The molecule has 1 aromatic carbocycles. The third-order valence-corrected chi connectivity index (χ3v) is 4.20. The third-order valence-electron chi connectivity index (χ3n) is 4.20. The van der Waals surface area contributed by atoms with Crippen molar-refractivity contribution in [3.63, 3.8) is 0 Å². The molecule has 3 heteroatoms. The first kappa shape index (κ1) is 12.3. The number of fused-ring (bicyclic) bond motifs is 1. The number of nitrogens with one attached hydrogen (secondary N) is 1. The normalized spacial score (nSPS) is 29.1. The van der Waals surface area contributed by atoms with Crippen molar-refractivity contribution < 1.29 is 9.47 Å². The van der Waals surface area contributed by atoms with Gasteiger partial charge < -0.3 is 14.8 Å². The van der Waals surface area contributed by atoms with Crippen LogP contribution in [0.3, 0.4) is 0 Å². The Morgan fingerprint density at radius 3 is 2.86 bits per heavy atom. The first-order chi connectivity index (χ1) is 10.4. The van der Waals surface area contributed by atoms with Gasteiger partial charge in [-0.3, -0.25) is 0 Å². The third kappa shape index (κ3) is 1.97. The summed E-state index contributed by atoms with van der Waals surface area (Å²) in [6.45, 7) is 0. The highest BCUT2D eigenvalue weighted by Gasteiger charge is 2.48. The number of para-hydroxylation sites is 1. The van der Waals surface area contributed by atoms with Gasteiger partial charge in [0, 0.05) is 12.1 Å². The maximum absolute atomic E-state index is 5.87. The Kier molecular flexibility index (Phi) is 2.85. The highest BCUT2D eigenvalue weighted by atomic mass is 16.5. The SMILES string of the molecule is C1=COC(C2(C3=CCC=CO3)Cc3ccccc3N2)C=C1. The fraction of sp³-hybridized carbons (Fsp3) is 0.222. The smallest absolute Gasteiger partial charge is 0.147 e. The second-order valence-corrected chi connectivity index (χ2v) is 5.49. The molecule has 21 heavy (non-hydrogen) atoms. The number of ether oxygens (including phenoxy) is 2. The van der Waals surface area contributed by atoms with Gasteiger partial charge in [0.25, 0.3) is 0 Å². The molecule has 3 aliphatic rings. The zero-order valence-corrected chi connectivity index (χ0v) is 11.7. The second-order valence-electron chi connectivity index (χ2n) is 5.49. The zero-order valence-electron chi connectivity index (χ0n) is 11.7. The Bertz CT molecular complexity index is 645. The van der Waals surface area contributed by atoms with E-state index in [1.54, 1.807) is 12.5 Å². The monoisotopic (exact) mass is 279 g/mol. The minimum Gasteiger partial charge on any atom is -0.491 e. The summed E-state index contributed by atoms with van der Waals surface area (Å²) in [5.74, 6) is 0.936. The second kappa shape index (κ2) is 4.85. The van der Waals surface area contributed by atoms with Gasteiger partial charge in [0.05, 0.1) is 12.5 Å². The van der Waals surface area contributed by atoms with E-state index < -0.39 is 0 Å². The topological polar surface area (TPSA) is 30.5 Å². The van der Waals surface area contributed by atoms with Gasteiger partial charge in [-0.15, -0.1) is 0 Å². The molecule has 4 rings (SSSR count). The van der Waals surface area contributed by atoms with E-state index in [9.17, 15) is 0 Å². The summed E-state index contributed by atoms with van der Waals surface area (Å²) in [4.78, 5) is 0. The van der Waals surface area contributed by atoms with E-state index in [-0.39, 0.29) is 11.6 Å². The Morgan fingerprint density at radius 1 is 1.14 bits per heavy atom. The van der Waals surface area contributed by atoms with E-state index in [0.717, 1.165) is 24.3 Å². The van der Waals surface area contributed by atoms with Crippen LogP contribution in [0.1, 0.15) is 12.0 Å². The van der Waals surface area contributed by atoms with E-state index in [1.165, 1.54) is 5.56 Å². The molecule has 0 radical (unpaired) electrons. The van der Waals surface area contributed by atoms with Crippen molar-refractivity contribution in [3.8, 4) is 0 Å². The fourth-order valence-electron chi connectivity index (χ4n) is 3.20. The molecule has 0 saturated carbocycles. The molecule has 2 unspecified atom stereocenters. The van der Waals surface area contributed by atoms with Crippen molar-refractivity contribution >= 4 is 5.69 Å². The van der Waals surface area contributed by atoms with E-state index in [2.05, 4.69) is 41.7 Å². The number of allylic oxidation sites excluding steroid dienone is 4. The van der Waals surface area contributed by atoms with Crippen LogP contribution in [0.25, 0.3) is 0 Å². The van der Waals surface area contributed by atoms with Crippen LogP contribution in [0.4, 0.5) is 5.69 Å². The van der Waals surface area contributed by atoms with Crippen LogP contribution in [-0.4, -0.2) is 11.6 Å². The van der Waals surface area contributed by atoms with Gasteiger partial charge in [-0.2, -0.15) is 0 Å². The van der Waals surface area contributed by atoms with Gasteiger partial charge in [-0.25, -0.2) is 0 Å². The summed E-state index contributed by atoms with van der Waals surface area (Å²) in [6.07, 6.45) is 15.3. The molecule has 0 bridgehead atoms. The number of benzene rings is 1. The Hall–Kier alpha value is -2.42. The van der Waals surface area contributed by atoms with Crippen molar-refractivity contribution in [1.82, 2.24) is 0 Å². The van der Waals surface area contributed by atoms with Crippen molar-refractivity contribution in [2.45, 2.75) is 24.5 Å². The molecule has 106 valence electrons. The minimum absolute atomic E-state index is 0.0901. The average Bonchev–Trinajstić information content (AvgIpc) is 2.97. The van der Waals surface area contributed by atoms with E-state index in [1.807, 2.05) is 18.2 Å². The molecule has 0 spiro atoms. The van der Waals surface area contributed by atoms with Crippen LogP contribution < -0.4 is 5.32 Å². The largest absolute Gasteiger partial charge is 0.491 e. The van der Waals surface area contributed by atoms with Crippen LogP contribution in [-0.2, 0) is 15.9 Å². The average molecular weight is 279 g/mol. The van der Waals surface area contributed by atoms with Crippen molar-refractivity contribution in [2.24, 2.45) is 0 Å². The van der Waals surface area contributed by atoms with Gasteiger partial charge in [-0.05, 0) is 42.4 Å². The maximum Gasteiger partial charge on any atom is 0.147 e. The molecule has 0 saturated heterocycles. The molecule has 3 aliphatic heterocycles. The highest BCUT2D eigenvalue weighted by molar-refractivity contribution is 5.62. The van der Waals surface area contributed by atoms with Gasteiger partial charge >= 0.3 is 0 Å². The van der Waals surface area contributed by atoms with Crippen LogP contribution >= 0.6 is 0 Å². The summed E-state index contributed by atoms with van der Waals surface area (Å²) in [5, 5.41) is 3.65. The molecule has 1 N–H and O–H groups in total. The van der Waals surface area contributed by atoms with Gasteiger partial charge in [0.2, 0.25) is 0 Å². The molecule has 0 fully saturated rings. The standard InChI is InChI=1S/C18H17NO2/c1-2-8-15-14(7-1)13-18(19-15,16-9-3-5-11-20-16)17-10-4-6-12-21-17/h1-3,5-12,16,19H,4,13H2. The molecular formula is C18H17NO2. The lowest BCUT2D eigenvalue weighted by molar-refractivity contribution is 0.103. The molecule has 3 heterocycles. The van der Waals surface area contributed by atoms with Crippen molar-refractivity contribution in [3.05, 3.63) is 78.5 Å². The predicted octanol–water partition coefficient (Wildman–Crippen LogP) is 3.68. The summed E-state index contributed by atoms with van der Waals surface area (Å²) in [5.41, 5.74) is 2.07. The number of rotatable bonds is 2. The summed E-state index contributed by atoms with van der Waals surface area (Å²) >= 11 is 0. The lowest BCUT2D eigenvalue weighted by Crippen LogP contribution is -2.50. The Labute approximate surface area is 124 Å². The van der Waals surface area contributed by atoms with Crippen LogP contribution in [0, 0.1) is 0 Å². The van der Waals surface area contributed by atoms with Crippen LogP contribution in [0.15, 0.2) is 72.9 Å². The first-order valence-corrected chi connectivity index (χ1v) is 7.26. The molecular weight excluding hydrogens is 262 g/mol. The predicted molar refractivity (Wildman–Crippen MR) is 82.6 cm³/mol. The van der Waals surface area contributed by atoms with Crippen LogP contribution in [0.2, 0.25) is 0 Å².